The van der Waals surface area contributed by atoms with E-state index in [9.17, 15) is 18.0 Å². The maximum absolute atomic E-state index is 12.6. The third-order valence-corrected chi connectivity index (χ3v) is 3.05. The van der Waals surface area contributed by atoms with Gasteiger partial charge in [0.2, 0.25) is 0 Å². The minimum Gasteiger partial charge on any atom is -0.396 e. The monoisotopic (exact) mass is 318 g/mol. The third kappa shape index (κ3) is 3.10. The van der Waals surface area contributed by atoms with Crippen LogP contribution in [0, 0.1) is 0 Å². The number of aryl methyl sites for hydroxylation is 1. The maximum Gasteiger partial charge on any atom is 0.416 e. The molecule has 0 radical (unpaired) electrons. The number of carbonyl (C=O) groups is 1. The van der Waals surface area contributed by atoms with E-state index in [4.69, 9.17) is 17.3 Å². The first kappa shape index (κ1) is 15.2. The van der Waals surface area contributed by atoms with Gasteiger partial charge in [0.05, 0.1) is 28.2 Å². The maximum atomic E-state index is 12.6. The molecule has 9 heteroatoms. The number of anilines is 2. The summed E-state index contributed by atoms with van der Waals surface area (Å²) in [6.45, 7) is 0. The van der Waals surface area contributed by atoms with E-state index in [2.05, 4.69) is 10.4 Å². The number of nitrogens with zero attached hydrogens (tertiary/aromatic N) is 2. The Hall–Kier alpha value is -2.22. The van der Waals surface area contributed by atoms with E-state index in [0.29, 0.717) is 0 Å². The van der Waals surface area contributed by atoms with Gasteiger partial charge in [-0.3, -0.25) is 9.48 Å². The van der Waals surface area contributed by atoms with Gasteiger partial charge in [-0.1, -0.05) is 11.6 Å². The van der Waals surface area contributed by atoms with Crippen LogP contribution in [0.15, 0.2) is 24.4 Å². The Morgan fingerprint density at radius 2 is 2.10 bits per heavy atom. The van der Waals surface area contributed by atoms with E-state index < -0.39 is 17.6 Å². The van der Waals surface area contributed by atoms with Gasteiger partial charge in [-0.25, -0.2) is 0 Å². The Labute approximate surface area is 122 Å². The Balaban J connectivity index is 2.34. The minimum absolute atomic E-state index is 0.0166. The van der Waals surface area contributed by atoms with E-state index in [0.717, 1.165) is 18.2 Å². The average molecular weight is 319 g/mol. The summed E-state index contributed by atoms with van der Waals surface area (Å²) in [5.41, 5.74) is 4.64. The van der Waals surface area contributed by atoms with Gasteiger partial charge in [-0.15, -0.1) is 0 Å². The van der Waals surface area contributed by atoms with Crippen molar-refractivity contribution in [3.63, 3.8) is 0 Å². The van der Waals surface area contributed by atoms with Crippen molar-refractivity contribution in [2.75, 3.05) is 11.1 Å². The average Bonchev–Trinajstić information content (AvgIpc) is 2.70. The highest BCUT2D eigenvalue weighted by molar-refractivity contribution is 6.34. The molecule has 1 amide bonds. The van der Waals surface area contributed by atoms with Gasteiger partial charge in [0.25, 0.3) is 5.91 Å². The van der Waals surface area contributed by atoms with Crippen LogP contribution in [0.25, 0.3) is 0 Å². The van der Waals surface area contributed by atoms with Crippen molar-refractivity contribution in [1.82, 2.24) is 9.78 Å². The molecule has 0 saturated carbocycles. The van der Waals surface area contributed by atoms with Crippen molar-refractivity contribution in [1.29, 1.82) is 0 Å². The summed E-state index contributed by atoms with van der Waals surface area (Å²) in [4.78, 5) is 12.0. The lowest BCUT2D eigenvalue weighted by Gasteiger charge is -2.12. The molecular weight excluding hydrogens is 309 g/mol. The second-order valence-electron chi connectivity index (χ2n) is 4.22. The molecule has 0 spiro atoms. The summed E-state index contributed by atoms with van der Waals surface area (Å²) < 4.78 is 39.2. The third-order valence-electron chi connectivity index (χ3n) is 2.72. The molecule has 1 heterocycles. The molecule has 0 bridgehead atoms. The van der Waals surface area contributed by atoms with Gasteiger partial charge in [-0.05, 0) is 18.2 Å². The summed E-state index contributed by atoms with van der Waals surface area (Å²) in [7, 11) is 1.49. The zero-order chi connectivity index (χ0) is 15.8. The summed E-state index contributed by atoms with van der Waals surface area (Å²) in [6.07, 6.45) is -3.27. The van der Waals surface area contributed by atoms with Crippen LogP contribution in [-0.4, -0.2) is 15.7 Å². The van der Waals surface area contributed by atoms with E-state index >= 15 is 0 Å². The lowest BCUT2D eigenvalue weighted by molar-refractivity contribution is -0.137. The number of nitrogen functional groups attached to an aromatic ring is 1. The molecule has 0 aliphatic rings. The molecule has 1 aromatic heterocycles. The van der Waals surface area contributed by atoms with Crippen LogP contribution in [-0.2, 0) is 13.2 Å². The first-order chi connectivity index (χ1) is 9.70. The van der Waals surface area contributed by atoms with Crippen molar-refractivity contribution < 1.29 is 18.0 Å². The van der Waals surface area contributed by atoms with Crippen molar-refractivity contribution in [3.05, 3.63) is 40.7 Å². The number of nitrogens with two attached hydrogens (primary N) is 1. The van der Waals surface area contributed by atoms with E-state index in [1.54, 1.807) is 0 Å². The molecule has 0 fully saturated rings. The summed E-state index contributed by atoms with van der Waals surface area (Å²) in [6, 6.07) is 2.65. The number of alkyl halides is 3. The highest BCUT2D eigenvalue weighted by Crippen LogP contribution is 2.34. The fourth-order valence-electron chi connectivity index (χ4n) is 1.71. The fraction of sp³-hybridized carbons (Fsp3) is 0.167. The number of benzene rings is 1. The summed E-state index contributed by atoms with van der Waals surface area (Å²) in [5, 5.41) is 6.05. The van der Waals surface area contributed by atoms with E-state index in [-0.39, 0.29) is 22.1 Å². The summed E-state index contributed by atoms with van der Waals surface area (Å²) >= 11 is 5.80. The molecule has 0 aliphatic heterocycles. The first-order valence-corrected chi connectivity index (χ1v) is 6.03. The quantitative estimate of drug-likeness (QED) is 0.894. The summed E-state index contributed by atoms with van der Waals surface area (Å²) in [5.74, 6) is -0.700. The normalized spacial score (nSPS) is 11.5. The molecule has 0 saturated heterocycles. The molecule has 0 atom stereocenters. The van der Waals surface area contributed by atoms with Crippen LogP contribution >= 0.6 is 11.6 Å². The molecule has 5 nitrogen and oxygen atoms in total. The lowest BCUT2D eigenvalue weighted by Crippen LogP contribution is -2.18. The number of hydrogen-bond donors (Lipinski definition) is 2. The molecule has 0 aliphatic carbocycles. The Bertz CT molecular complexity index is 677. The van der Waals surface area contributed by atoms with Crippen LogP contribution in [0.5, 0.6) is 0 Å². The van der Waals surface area contributed by atoms with Crippen LogP contribution in [0.2, 0.25) is 5.02 Å². The minimum atomic E-state index is -4.53. The lowest BCUT2D eigenvalue weighted by atomic mass is 10.2. The SMILES string of the molecule is Cn1ncc(N)c1C(=O)Nc1cc(C(F)(F)F)ccc1Cl. The second kappa shape index (κ2) is 5.28. The van der Waals surface area contributed by atoms with Gasteiger partial charge >= 0.3 is 6.18 Å². The number of carbonyl (C=O) groups excluding carboxylic acids is 1. The predicted octanol–water partition coefficient (Wildman–Crippen LogP) is 2.93. The number of hydrogen-bond acceptors (Lipinski definition) is 3. The molecule has 112 valence electrons. The highest BCUT2D eigenvalue weighted by Gasteiger charge is 2.31. The van der Waals surface area contributed by atoms with Gasteiger partial charge in [0, 0.05) is 7.05 Å². The number of amides is 1. The van der Waals surface area contributed by atoms with Crippen molar-refractivity contribution in [3.8, 4) is 0 Å². The number of rotatable bonds is 2. The topological polar surface area (TPSA) is 72.9 Å². The van der Waals surface area contributed by atoms with Gasteiger partial charge in [0.15, 0.2) is 0 Å². The largest absolute Gasteiger partial charge is 0.416 e. The van der Waals surface area contributed by atoms with Crippen LogP contribution in [0.3, 0.4) is 0 Å². The molecule has 2 rings (SSSR count). The molecule has 21 heavy (non-hydrogen) atoms. The van der Waals surface area contributed by atoms with Crippen LogP contribution < -0.4 is 11.1 Å². The van der Waals surface area contributed by atoms with Crippen molar-refractivity contribution in [2.45, 2.75) is 6.18 Å². The number of nitrogens with one attached hydrogen (secondary N) is 1. The van der Waals surface area contributed by atoms with Crippen molar-refractivity contribution >= 4 is 28.9 Å². The van der Waals surface area contributed by atoms with Gasteiger partial charge in [0.1, 0.15) is 5.69 Å². The smallest absolute Gasteiger partial charge is 0.396 e. The molecular formula is C12H10ClF3N4O. The number of aromatic nitrogens is 2. The number of halogens is 4. The Kier molecular flexibility index (Phi) is 3.82. The fourth-order valence-corrected chi connectivity index (χ4v) is 1.88. The van der Waals surface area contributed by atoms with E-state index in [1.165, 1.54) is 17.9 Å². The molecule has 3 N–H and O–H groups in total. The van der Waals surface area contributed by atoms with Crippen LogP contribution in [0.1, 0.15) is 16.1 Å². The van der Waals surface area contributed by atoms with Crippen LogP contribution in [0.4, 0.5) is 24.5 Å². The van der Waals surface area contributed by atoms with Crippen molar-refractivity contribution in [2.24, 2.45) is 7.05 Å². The molecule has 1 aromatic carbocycles. The standard InChI is InChI=1S/C12H10ClF3N4O/c1-20-10(8(17)5-18-20)11(21)19-9-4-6(12(14,15)16)2-3-7(9)13/h2-5H,17H2,1H3,(H,19,21). The second-order valence-corrected chi connectivity index (χ2v) is 4.63. The zero-order valence-corrected chi connectivity index (χ0v) is 11.5. The molecule has 2 aromatic rings. The first-order valence-electron chi connectivity index (χ1n) is 5.65. The zero-order valence-electron chi connectivity index (χ0n) is 10.7. The highest BCUT2D eigenvalue weighted by atomic mass is 35.5. The molecule has 0 unspecified atom stereocenters. The van der Waals surface area contributed by atoms with Gasteiger partial charge in [-0.2, -0.15) is 18.3 Å². The Morgan fingerprint density at radius 3 is 2.62 bits per heavy atom. The Morgan fingerprint density at radius 1 is 1.43 bits per heavy atom. The predicted molar refractivity (Wildman–Crippen MR) is 72.0 cm³/mol. The van der Waals surface area contributed by atoms with Gasteiger partial charge < -0.3 is 11.1 Å². The van der Waals surface area contributed by atoms with E-state index in [1.807, 2.05) is 0 Å².